The van der Waals surface area contributed by atoms with Crippen LogP contribution in [0.2, 0.25) is 0 Å². The molecule has 0 saturated heterocycles. The maximum Gasteiger partial charge on any atom is 0.219 e. The van der Waals surface area contributed by atoms with Crippen molar-refractivity contribution in [1.82, 2.24) is 0 Å². The van der Waals surface area contributed by atoms with Crippen LogP contribution < -0.4 is 5.32 Å². The molecule has 1 unspecified atom stereocenters. The fraction of sp³-hybridized carbons (Fsp3) is 0.161. The highest BCUT2D eigenvalue weighted by atomic mass is 16.5. The van der Waals surface area contributed by atoms with Crippen molar-refractivity contribution in [2.75, 3.05) is 5.32 Å². The zero-order chi connectivity index (χ0) is 23.8. The highest BCUT2D eigenvalue weighted by Crippen LogP contribution is 2.41. The Balaban J connectivity index is 1.31. The van der Waals surface area contributed by atoms with Crippen LogP contribution in [0.25, 0.3) is 0 Å². The molecule has 4 aromatic rings. The minimum atomic E-state index is 0.0750. The normalized spacial score (nSPS) is 18.2. The standard InChI is InChI=1S/C31H27N3O/c1-20-10-9-11-21(2)29(20)32-19-23-13-4-7-16-26(23)33-27-17-8-6-15-25(27)31-34-30-24-14-5-3-12-22(24)18-28(30)35-31/h3-17,19,28,30,33H,18H2,1-2H3/t28-,30?/m1/s1. The largest absolute Gasteiger partial charge is 0.471 e. The van der Waals surface area contributed by atoms with Gasteiger partial charge in [-0.2, -0.15) is 0 Å². The monoisotopic (exact) mass is 457 g/mol. The molecule has 1 aliphatic heterocycles. The van der Waals surface area contributed by atoms with E-state index in [0.717, 1.165) is 34.6 Å². The average molecular weight is 458 g/mol. The fourth-order valence-corrected chi connectivity index (χ4v) is 5.02. The van der Waals surface area contributed by atoms with E-state index in [1.807, 2.05) is 30.5 Å². The van der Waals surface area contributed by atoms with Crippen LogP contribution in [0.5, 0.6) is 0 Å². The molecule has 35 heavy (non-hydrogen) atoms. The number of nitrogens with zero attached hydrogens (tertiary/aromatic N) is 2. The van der Waals surface area contributed by atoms with Crippen LogP contribution in [-0.2, 0) is 11.2 Å². The van der Waals surface area contributed by atoms with E-state index in [4.69, 9.17) is 14.7 Å². The van der Waals surface area contributed by atoms with Gasteiger partial charge in [0.2, 0.25) is 5.90 Å². The van der Waals surface area contributed by atoms with Crippen LogP contribution in [0.4, 0.5) is 17.1 Å². The molecular formula is C31H27N3O. The summed E-state index contributed by atoms with van der Waals surface area (Å²) in [5.41, 5.74) is 9.92. The number of benzene rings is 4. The van der Waals surface area contributed by atoms with Crippen LogP contribution in [0, 0.1) is 13.8 Å². The van der Waals surface area contributed by atoms with Crippen molar-refractivity contribution in [2.24, 2.45) is 9.98 Å². The van der Waals surface area contributed by atoms with Crippen LogP contribution in [-0.4, -0.2) is 18.2 Å². The smallest absolute Gasteiger partial charge is 0.219 e. The van der Waals surface area contributed by atoms with E-state index >= 15 is 0 Å². The predicted octanol–water partition coefficient (Wildman–Crippen LogP) is 7.24. The molecule has 2 aliphatic rings. The summed E-state index contributed by atoms with van der Waals surface area (Å²) < 4.78 is 6.38. The van der Waals surface area contributed by atoms with Gasteiger partial charge >= 0.3 is 0 Å². The summed E-state index contributed by atoms with van der Waals surface area (Å²) in [5.74, 6) is 0.708. The molecule has 1 aliphatic carbocycles. The molecule has 1 heterocycles. The zero-order valence-corrected chi connectivity index (χ0v) is 19.9. The minimum Gasteiger partial charge on any atom is -0.471 e. The Labute approximate surface area is 206 Å². The van der Waals surface area contributed by atoms with E-state index in [0.29, 0.717) is 5.90 Å². The molecule has 4 aromatic carbocycles. The highest BCUT2D eigenvalue weighted by molar-refractivity contribution is 6.02. The number of para-hydroxylation sites is 3. The molecular weight excluding hydrogens is 430 g/mol. The second-order valence-electron chi connectivity index (χ2n) is 9.19. The van der Waals surface area contributed by atoms with Crippen molar-refractivity contribution >= 4 is 29.2 Å². The average Bonchev–Trinajstić information content (AvgIpc) is 3.43. The summed E-state index contributed by atoms with van der Waals surface area (Å²) in [4.78, 5) is 9.83. The third-order valence-electron chi connectivity index (χ3n) is 6.83. The van der Waals surface area contributed by atoms with E-state index in [1.165, 1.54) is 22.3 Å². The summed E-state index contributed by atoms with van der Waals surface area (Å²) >= 11 is 0. The van der Waals surface area contributed by atoms with E-state index in [9.17, 15) is 0 Å². The summed E-state index contributed by atoms with van der Waals surface area (Å²) in [6, 6.07) is 31.3. The van der Waals surface area contributed by atoms with Gasteiger partial charge < -0.3 is 10.1 Å². The van der Waals surface area contributed by atoms with E-state index in [2.05, 4.69) is 85.9 Å². The third-order valence-corrected chi connectivity index (χ3v) is 6.83. The number of nitrogens with one attached hydrogen (secondary N) is 1. The molecule has 0 aromatic heterocycles. The lowest BCUT2D eigenvalue weighted by atomic mass is 10.1. The Morgan fingerprint density at radius 3 is 2.40 bits per heavy atom. The van der Waals surface area contributed by atoms with Gasteiger partial charge in [0.25, 0.3) is 0 Å². The molecule has 4 nitrogen and oxygen atoms in total. The molecule has 0 bridgehead atoms. The van der Waals surface area contributed by atoms with Crippen LogP contribution in [0.3, 0.4) is 0 Å². The van der Waals surface area contributed by atoms with Crippen molar-refractivity contribution < 1.29 is 4.74 Å². The Bertz CT molecular complexity index is 1450. The number of fused-ring (bicyclic) bond motifs is 3. The summed E-state index contributed by atoms with van der Waals surface area (Å²) in [5, 5.41) is 3.62. The third kappa shape index (κ3) is 4.01. The van der Waals surface area contributed by atoms with Gasteiger partial charge in [-0.05, 0) is 54.3 Å². The molecule has 0 radical (unpaired) electrons. The summed E-state index contributed by atoms with van der Waals surface area (Å²) in [6.07, 6.45) is 2.92. The lowest BCUT2D eigenvalue weighted by Crippen LogP contribution is -2.14. The Hall–Kier alpha value is -4.18. The second-order valence-corrected chi connectivity index (χ2v) is 9.19. The Morgan fingerprint density at radius 2 is 1.54 bits per heavy atom. The summed E-state index contributed by atoms with van der Waals surface area (Å²) in [7, 11) is 0. The summed E-state index contributed by atoms with van der Waals surface area (Å²) in [6.45, 7) is 4.19. The van der Waals surface area contributed by atoms with Crippen molar-refractivity contribution in [1.29, 1.82) is 0 Å². The van der Waals surface area contributed by atoms with Crippen LogP contribution in [0.1, 0.15) is 39.4 Å². The van der Waals surface area contributed by atoms with Gasteiger partial charge in [-0.15, -0.1) is 0 Å². The Kier molecular flexibility index (Phi) is 5.42. The second kappa shape index (κ2) is 8.88. The first-order valence-corrected chi connectivity index (χ1v) is 12.1. The maximum absolute atomic E-state index is 6.38. The number of hydrogen-bond acceptors (Lipinski definition) is 4. The van der Waals surface area contributed by atoms with E-state index < -0.39 is 0 Å². The van der Waals surface area contributed by atoms with Gasteiger partial charge in [-0.25, -0.2) is 4.99 Å². The number of anilines is 2. The van der Waals surface area contributed by atoms with Gasteiger partial charge in [0.05, 0.1) is 16.9 Å². The molecule has 0 fully saturated rings. The number of rotatable bonds is 5. The van der Waals surface area contributed by atoms with Gasteiger partial charge in [0, 0.05) is 23.9 Å². The van der Waals surface area contributed by atoms with Crippen LogP contribution >= 0.6 is 0 Å². The fourth-order valence-electron chi connectivity index (χ4n) is 5.02. The number of hydrogen-bond donors (Lipinski definition) is 1. The topological polar surface area (TPSA) is 46.0 Å². The van der Waals surface area contributed by atoms with Gasteiger partial charge in [0.15, 0.2) is 0 Å². The van der Waals surface area contributed by atoms with Crippen molar-refractivity contribution in [3.63, 3.8) is 0 Å². The van der Waals surface area contributed by atoms with Gasteiger partial charge in [0.1, 0.15) is 12.1 Å². The molecule has 2 atom stereocenters. The molecule has 4 heteroatoms. The molecule has 0 amide bonds. The predicted molar refractivity (Wildman–Crippen MR) is 144 cm³/mol. The molecule has 0 spiro atoms. The van der Waals surface area contributed by atoms with Crippen LogP contribution in [0.15, 0.2) is 101 Å². The van der Waals surface area contributed by atoms with Crippen molar-refractivity contribution in [3.8, 4) is 0 Å². The lowest BCUT2D eigenvalue weighted by Gasteiger charge is -2.15. The van der Waals surface area contributed by atoms with E-state index in [1.54, 1.807) is 0 Å². The first-order valence-electron chi connectivity index (χ1n) is 12.1. The molecule has 6 rings (SSSR count). The number of ether oxygens (including phenoxy) is 1. The van der Waals surface area contributed by atoms with Crippen molar-refractivity contribution in [2.45, 2.75) is 32.4 Å². The first-order chi connectivity index (χ1) is 17.2. The maximum atomic E-state index is 6.38. The molecule has 0 saturated carbocycles. The minimum absolute atomic E-state index is 0.0750. The van der Waals surface area contributed by atoms with Gasteiger partial charge in [-0.3, -0.25) is 4.99 Å². The zero-order valence-electron chi connectivity index (χ0n) is 19.9. The molecule has 1 N–H and O–H groups in total. The quantitative estimate of drug-likeness (QED) is 0.321. The molecule has 172 valence electrons. The SMILES string of the molecule is Cc1cccc(C)c1N=Cc1ccccc1Nc1ccccc1C1=NC2c3ccccc3C[C@H]2O1. The van der Waals surface area contributed by atoms with Gasteiger partial charge in [-0.1, -0.05) is 72.8 Å². The highest BCUT2D eigenvalue weighted by Gasteiger charge is 2.39. The number of aryl methyl sites for hydroxylation is 2. The van der Waals surface area contributed by atoms with E-state index in [-0.39, 0.29) is 12.1 Å². The first kappa shape index (κ1) is 21.4. The lowest BCUT2D eigenvalue weighted by molar-refractivity contribution is 0.206. The Morgan fingerprint density at radius 1 is 0.829 bits per heavy atom. The number of aliphatic imine (C=N–C) groups is 2. The van der Waals surface area contributed by atoms with Crippen molar-refractivity contribution in [3.05, 3.63) is 124 Å².